The molecule has 0 saturated heterocycles. The Hall–Kier alpha value is -2.51. The van der Waals surface area contributed by atoms with Gasteiger partial charge in [-0.25, -0.2) is 0 Å². The number of aryl methyl sites for hydroxylation is 1. The largest absolute Gasteiger partial charge is 0.490 e. The van der Waals surface area contributed by atoms with Crippen LogP contribution in [0.4, 0.5) is 0 Å². The van der Waals surface area contributed by atoms with Crippen LogP contribution in [0.3, 0.4) is 0 Å². The zero-order valence-electron chi connectivity index (χ0n) is 18.3. The Morgan fingerprint density at radius 2 is 1.60 bits per heavy atom. The molecule has 156 valence electrons. The zero-order chi connectivity index (χ0) is 21.5. The molecule has 3 aromatic carbocycles. The molecule has 30 heavy (non-hydrogen) atoms. The Morgan fingerprint density at radius 3 is 2.30 bits per heavy atom. The molecule has 0 amide bonds. The molecule has 0 N–H and O–H groups in total. The third-order valence-electron chi connectivity index (χ3n) is 5.47. The Kier molecular flexibility index (Phi) is 5.51. The van der Waals surface area contributed by atoms with Crippen LogP contribution in [0.25, 0.3) is 11.1 Å². The molecule has 0 bridgehead atoms. The van der Waals surface area contributed by atoms with Crippen LogP contribution < -0.4 is 14.6 Å². The molecule has 0 radical (unpaired) electrons. The predicted octanol–water partition coefficient (Wildman–Crippen LogP) is 7.07. The fraction of sp³-hybridized carbons (Fsp3) is 0.308. The molecule has 3 nitrogen and oxygen atoms in total. The number of para-hydroxylation sites is 1. The third-order valence-corrected chi connectivity index (χ3v) is 7.84. The molecule has 1 unspecified atom stereocenters. The Labute approximate surface area is 179 Å². The van der Waals surface area contributed by atoms with Gasteiger partial charge in [-0.2, -0.15) is 0 Å². The minimum absolute atomic E-state index is 0.0357. The van der Waals surface area contributed by atoms with E-state index in [9.17, 15) is 4.57 Å². The fourth-order valence-electron chi connectivity index (χ4n) is 4.05. The van der Waals surface area contributed by atoms with Crippen molar-refractivity contribution >= 4 is 12.7 Å². The topological polar surface area (TPSA) is 35.5 Å². The molecule has 0 spiro atoms. The van der Waals surface area contributed by atoms with Crippen molar-refractivity contribution < 1.29 is 13.8 Å². The van der Waals surface area contributed by atoms with Gasteiger partial charge in [-0.05, 0) is 55.5 Å². The Morgan fingerprint density at radius 1 is 0.933 bits per heavy atom. The second-order valence-electron chi connectivity index (χ2n) is 8.58. The summed E-state index contributed by atoms with van der Waals surface area (Å²) in [5, 5.41) is 0.784. The van der Waals surface area contributed by atoms with E-state index in [0.29, 0.717) is 17.8 Å². The van der Waals surface area contributed by atoms with Gasteiger partial charge in [0.05, 0.1) is 17.6 Å². The smallest absolute Gasteiger partial charge is 0.282 e. The zero-order valence-corrected chi connectivity index (χ0v) is 19.2. The molecular weight excluding hydrogens is 391 g/mol. The molecule has 3 aromatic rings. The van der Waals surface area contributed by atoms with Crippen molar-refractivity contribution in [2.45, 2.75) is 52.8 Å². The summed E-state index contributed by atoms with van der Waals surface area (Å²) in [7, 11) is -3.18. The first-order valence-corrected chi connectivity index (χ1v) is 12.4. The van der Waals surface area contributed by atoms with Crippen LogP contribution in [0, 0.1) is 6.92 Å². The van der Waals surface area contributed by atoms with Gasteiger partial charge < -0.3 is 9.26 Å². The van der Waals surface area contributed by atoms with Gasteiger partial charge in [-0.15, -0.1) is 0 Å². The molecule has 4 rings (SSSR count). The van der Waals surface area contributed by atoms with Crippen LogP contribution in [-0.4, -0.2) is 6.10 Å². The number of ether oxygens (including phenoxy) is 1. The maximum atomic E-state index is 14.3. The summed E-state index contributed by atoms with van der Waals surface area (Å²) in [6, 6.07) is 20.0. The highest BCUT2D eigenvalue weighted by Gasteiger charge is 2.37. The summed E-state index contributed by atoms with van der Waals surface area (Å²) < 4.78 is 26.8. The Bertz CT molecular complexity index is 1130. The molecule has 1 aliphatic rings. The second kappa shape index (κ2) is 7.96. The highest BCUT2D eigenvalue weighted by Crippen LogP contribution is 2.57. The minimum Gasteiger partial charge on any atom is -0.490 e. The number of hydrogen-bond donors (Lipinski definition) is 0. The van der Waals surface area contributed by atoms with Crippen molar-refractivity contribution in [3.63, 3.8) is 0 Å². The lowest BCUT2D eigenvalue weighted by molar-refractivity contribution is 0.238. The van der Waals surface area contributed by atoms with E-state index in [2.05, 4.69) is 32.9 Å². The lowest BCUT2D eigenvalue weighted by Crippen LogP contribution is -2.19. The number of benzene rings is 3. The van der Waals surface area contributed by atoms with Crippen LogP contribution in [0.2, 0.25) is 0 Å². The van der Waals surface area contributed by atoms with Crippen LogP contribution >= 0.6 is 7.37 Å². The van der Waals surface area contributed by atoms with Gasteiger partial charge >= 0.3 is 0 Å². The summed E-state index contributed by atoms with van der Waals surface area (Å²) in [5.74, 6) is 1.88. The van der Waals surface area contributed by atoms with Crippen LogP contribution in [0.5, 0.6) is 11.5 Å². The predicted molar refractivity (Wildman–Crippen MR) is 124 cm³/mol. The molecule has 1 aliphatic heterocycles. The Balaban J connectivity index is 1.86. The molecule has 1 atom stereocenters. The van der Waals surface area contributed by atoms with Gasteiger partial charge in [0.2, 0.25) is 0 Å². The second-order valence-corrected chi connectivity index (χ2v) is 10.9. The molecule has 0 saturated carbocycles. The maximum absolute atomic E-state index is 14.3. The first-order chi connectivity index (χ1) is 14.3. The van der Waals surface area contributed by atoms with E-state index >= 15 is 0 Å². The highest BCUT2D eigenvalue weighted by molar-refractivity contribution is 7.67. The van der Waals surface area contributed by atoms with Crippen molar-refractivity contribution in [2.75, 3.05) is 0 Å². The van der Waals surface area contributed by atoms with E-state index in [1.165, 1.54) is 5.56 Å². The van der Waals surface area contributed by atoms with E-state index < -0.39 is 7.37 Å². The lowest BCUT2D eigenvalue weighted by Gasteiger charge is -2.30. The van der Waals surface area contributed by atoms with Gasteiger partial charge in [0.25, 0.3) is 7.37 Å². The quantitative estimate of drug-likeness (QED) is 0.414. The van der Waals surface area contributed by atoms with Gasteiger partial charge in [-0.1, -0.05) is 62.4 Å². The third kappa shape index (κ3) is 3.79. The van der Waals surface area contributed by atoms with Gasteiger partial charge in [0, 0.05) is 11.1 Å². The average molecular weight is 420 g/mol. The van der Waals surface area contributed by atoms with Crippen molar-refractivity contribution in [3.8, 4) is 22.6 Å². The fourth-order valence-corrected chi connectivity index (χ4v) is 6.42. The summed E-state index contributed by atoms with van der Waals surface area (Å²) in [6.07, 6.45) is 0.343. The molecule has 0 aromatic heterocycles. The monoisotopic (exact) mass is 420 g/mol. The lowest BCUT2D eigenvalue weighted by atomic mass is 9.97. The normalized spacial score (nSPS) is 17.4. The first-order valence-electron chi connectivity index (χ1n) is 10.6. The van der Waals surface area contributed by atoms with E-state index in [1.807, 2.05) is 62.4 Å². The van der Waals surface area contributed by atoms with Crippen molar-refractivity contribution in [3.05, 3.63) is 77.4 Å². The van der Waals surface area contributed by atoms with E-state index in [-0.39, 0.29) is 6.10 Å². The summed E-state index contributed by atoms with van der Waals surface area (Å²) in [4.78, 5) is 0. The maximum Gasteiger partial charge on any atom is 0.282 e. The number of hydrogen-bond acceptors (Lipinski definition) is 3. The molecule has 1 heterocycles. The minimum atomic E-state index is -3.18. The highest BCUT2D eigenvalue weighted by atomic mass is 31.2. The van der Waals surface area contributed by atoms with Gasteiger partial charge in [0.15, 0.2) is 0 Å². The van der Waals surface area contributed by atoms with Crippen LogP contribution in [0.1, 0.15) is 50.3 Å². The van der Waals surface area contributed by atoms with E-state index in [1.54, 1.807) is 0 Å². The molecular formula is C26H29O3P. The van der Waals surface area contributed by atoms with Crippen LogP contribution in [0.15, 0.2) is 60.7 Å². The summed E-state index contributed by atoms with van der Waals surface area (Å²) >= 11 is 0. The van der Waals surface area contributed by atoms with E-state index in [0.717, 1.165) is 33.3 Å². The summed E-state index contributed by atoms with van der Waals surface area (Å²) in [5.41, 5.74) is 5.22. The SMILES string of the molecule is Cc1cc(C(C)C)cc(CP2(=O)Oc3ccccc3-c3ccccc32)c1OC(C)C. The first kappa shape index (κ1) is 20.8. The number of rotatable bonds is 5. The molecule has 4 heteroatoms. The van der Waals surface area contributed by atoms with Crippen molar-refractivity contribution in [1.82, 2.24) is 0 Å². The molecule has 0 fully saturated rings. The summed E-state index contributed by atoms with van der Waals surface area (Å²) in [6.45, 7) is 10.4. The van der Waals surface area contributed by atoms with Crippen molar-refractivity contribution in [1.29, 1.82) is 0 Å². The van der Waals surface area contributed by atoms with Gasteiger partial charge in [0.1, 0.15) is 11.5 Å². The standard InChI is InChI=1S/C26H29O3P/c1-17(2)20-14-19(5)26(28-18(3)4)21(15-20)16-30(27)25-13-9-7-11-23(25)22-10-6-8-12-24(22)29-30/h6-15,17-18H,16H2,1-5H3. The van der Waals surface area contributed by atoms with Crippen molar-refractivity contribution in [2.24, 2.45) is 0 Å². The molecule has 0 aliphatic carbocycles. The van der Waals surface area contributed by atoms with Gasteiger partial charge in [-0.3, -0.25) is 4.57 Å². The van der Waals surface area contributed by atoms with Crippen LogP contribution in [-0.2, 0) is 10.7 Å². The van der Waals surface area contributed by atoms with E-state index in [4.69, 9.17) is 9.26 Å². The number of fused-ring (bicyclic) bond motifs is 3. The average Bonchev–Trinajstić information content (AvgIpc) is 2.70.